The van der Waals surface area contributed by atoms with Gasteiger partial charge in [-0.2, -0.15) is 0 Å². The highest BCUT2D eigenvalue weighted by atomic mass is 16.6. The largest absolute Gasteiger partial charge is 0.480 e. The van der Waals surface area contributed by atoms with Crippen molar-refractivity contribution in [3.05, 3.63) is 17.8 Å². The van der Waals surface area contributed by atoms with E-state index in [0.717, 1.165) is 5.56 Å². The van der Waals surface area contributed by atoms with E-state index in [9.17, 15) is 9.59 Å². The molecular formula is C14H19N3O4. The minimum atomic E-state index is -0.776. The number of fused-ring (bicyclic) bond motifs is 1. The molecule has 1 aromatic heterocycles. The van der Waals surface area contributed by atoms with Crippen LogP contribution in [0.25, 0.3) is 0 Å². The Morgan fingerprint density at radius 1 is 1.57 bits per heavy atom. The number of nitrogens with one attached hydrogen (secondary N) is 1. The average molecular weight is 293 g/mol. The van der Waals surface area contributed by atoms with Gasteiger partial charge in [-0.15, -0.1) is 0 Å². The highest BCUT2D eigenvalue weighted by Crippen LogP contribution is 2.26. The molecule has 0 fully saturated rings. The number of nitrogens with zero attached hydrogens (tertiary/aromatic N) is 1. The van der Waals surface area contributed by atoms with Crippen molar-refractivity contribution in [2.45, 2.75) is 38.8 Å². The van der Waals surface area contributed by atoms with E-state index in [1.165, 1.54) is 0 Å². The molecule has 0 spiro atoms. The van der Waals surface area contributed by atoms with E-state index in [1.54, 1.807) is 33.0 Å². The van der Waals surface area contributed by atoms with Crippen LogP contribution in [0.5, 0.6) is 5.75 Å². The minimum absolute atomic E-state index is 0.0454. The molecule has 1 aliphatic rings. The summed E-state index contributed by atoms with van der Waals surface area (Å²) in [4.78, 5) is 27.1. The first-order valence-corrected chi connectivity index (χ1v) is 6.64. The van der Waals surface area contributed by atoms with Crippen LogP contribution in [0, 0.1) is 0 Å². The van der Waals surface area contributed by atoms with Gasteiger partial charge in [-0.1, -0.05) is 0 Å². The Balaban J connectivity index is 2.03. The maximum Gasteiger partial charge on any atom is 0.323 e. The lowest BCUT2D eigenvalue weighted by atomic mass is 10.1. The number of hydrogen-bond acceptors (Lipinski definition) is 6. The fourth-order valence-corrected chi connectivity index (χ4v) is 1.83. The van der Waals surface area contributed by atoms with Crippen molar-refractivity contribution in [1.82, 2.24) is 4.98 Å². The van der Waals surface area contributed by atoms with Crippen molar-refractivity contribution >= 4 is 17.7 Å². The molecule has 21 heavy (non-hydrogen) atoms. The number of anilines is 1. The van der Waals surface area contributed by atoms with E-state index in [1.807, 2.05) is 0 Å². The smallest absolute Gasteiger partial charge is 0.323 e. The third-order valence-corrected chi connectivity index (χ3v) is 2.69. The molecule has 7 heteroatoms. The molecule has 7 nitrogen and oxygen atoms in total. The fraction of sp³-hybridized carbons (Fsp3) is 0.500. The molecular weight excluding hydrogens is 274 g/mol. The van der Waals surface area contributed by atoms with Gasteiger partial charge in [0.15, 0.2) is 18.2 Å². The van der Waals surface area contributed by atoms with Crippen LogP contribution in [-0.4, -0.2) is 35.1 Å². The first kappa shape index (κ1) is 15.2. The van der Waals surface area contributed by atoms with Crippen LogP contribution in [0.4, 0.5) is 5.82 Å². The number of carbonyl (C=O) groups excluding carboxylic acids is 2. The lowest BCUT2D eigenvalue weighted by molar-refractivity contribution is -0.156. The molecule has 1 aromatic rings. The molecule has 0 saturated heterocycles. The van der Waals surface area contributed by atoms with Gasteiger partial charge in [-0.05, 0) is 38.8 Å². The Kier molecular flexibility index (Phi) is 4.13. The number of aromatic nitrogens is 1. The second-order valence-electron chi connectivity index (χ2n) is 5.87. The lowest BCUT2D eigenvalue weighted by Gasteiger charge is -2.22. The van der Waals surface area contributed by atoms with Gasteiger partial charge in [0, 0.05) is 6.20 Å². The molecule has 1 atom stereocenters. The number of hydrogen-bond donors (Lipinski definition) is 2. The van der Waals surface area contributed by atoms with Gasteiger partial charge in [0.2, 0.25) is 0 Å². The summed E-state index contributed by atoms with van der Waals surface area (Å²) >= 11 is 0. The molecule has 0 radical (unpaired) electrons. The van der Waals surface area contributed by atoms with Crippen molar-refractivity contribution in [1.29, 1.82) is 0 Å². The van der Waals surface area contributed by atoms with Gasteiger partial charge in [0.05, 0.1) is 0 Å². The third kappa shape index (κ3) is 4.16. The number of nitrogens with two attached hydrogens (primary N) is 1. The highest BCUT2D eigenvalue weighted by Gasteiger charge is 2.23. The summed E-state index contributed by atoms with van der Waals surface area (Å²) in [5.41, 5.74) is 6.01. The third-order valence-electron chi connectivity index (χ3n) is 2.69. The van der Waals surface area contributed by atoms with Gasteiger partial charge < -0.3 is 20.5 Å². The van der Waals surface area contributed by atoms with Crippen LogP contribution < -0.4 is 15.8 Å². The fourth-order valence-electron chi connectivity index (χ4n) is 1.83. The predicted octanol–water partition coefficient (Wildman–Crippen LogP) is 0.624. The topological polar surface area (TPSA) is 104 Å². The van der Waals surface area contributed by atoms with Crippen molar-refractivity contribution in [2.24, 2.45) is 5.73 Å². The van der Waals surface area contributed by atoms with Crippen LogP contribution in [0.15, 0.2) is 12.3 Å². The molecule has 1 amide bonds. The molecule has 1 aliphatic heterocycles. The van der Waals surface area contributed by atoms with Gasteiger partial charge >= 0.3 is 5.97 Å². The maximum absolute atomic E-state index is 11.8. The maximum atomic E-state index is 11.8. The molecule has 0 unspecified atom stereocenters. The van der Waals surface area contributed by atoms with Gasteiger partial charge in [-0.3, -0.25) is 9.59 Å². The summed E-state index contributed by atoms with van der Waals surface area (Å²) in [7, 11) is 0. The summed E-state index contributed by atoms with van der Waals surface area (Å²) in [6.07, 6.45) is 1.84. The number of esters is 1. The first-order chi connectivity index (χ1) is 9.74. The van der Waals surface area contributed by atoms with Crippen LogP contribution >= 0.6 is 0 Å². The zero-order valence-electron chi connectivity index (χ0n) is 12.3. The van der Waals surface area contributed by atoms with E-state index in [0.29, 0.717) is 11.6 Å². The van der Waals surface area contributed by atoms with E-state index < -0.39 is 17.6 Å². The molecule has 114 valence electrons. The minimum Gasteiger partial charge on any atom is -0.480 e. The number of ether oxygens (including phenoxy) is 2. The molecule has 0 aromatic carbocycles. The number of rotatable bonds is 3. The Bertz CT molecular complexity index is 566. The SMILES string of the molecule is CC(C)(C)OC(=O)[C@@H](N)Cc1cnc2c(c1)OCC(=O)N2. The molecule has 3 N–H and O–H groups in total. The highest BCUT2D eigenvalue weighted by molar-refractivity contribution is 5.94. The monoisotopic (exact) mass is 293 g/mol. The van der Waals surface area contributed by atoms with E-state index in [4.69, 9.17) is 15.2 Å². The second-order valence-corrected chi connectivity index (χ2v) is 5.87. The molecule has 2 rings (SSSR count). The van der Waals surface area contributed by atoms with Gasteiger partial charge in [0.25, 0.3) is 5.91 Å². The summed E-state index contributed by atoms with van der Waals surface area (Å²) in [5, 5.41) is 2.60. The standard InChI is InChI=1S/C14H19N3O4/c1-14(2,3)21-13(19)9(15)4-8-5-10-12(16-6-8)17-11(18)7-20-10/h5-6,9H,4,7,15H2,1-3H3,(H,16,17,18)/t9-/m0/s1. The lowest BCUT2D eigenvalue weighted by Crippen LogP contribution is -2.38. The second kappa shape index (κ2) is 5.69. The van der Waals surface area contributed by atoms with Crippen molar-refractivity contribution in [3.8, 4) is 5.75 Å². The average Bonchev–Trinajstić information content (AvgIpc) is 2.37. The first-order valence-electron chi connectivity index (χ1n) is 6.64. The Labute approximate surface area is 122 Å². The predicted molar refractivity (Wildman–Crippen MR) is 75.9 cm³/mol. The van der Waals surface area contributed by atoms with Crippen LogP contribution in [0.3, 0.4) is 0 Å². The van der Waals surface area contributed by atoms with Gasteiger partial charge in [-0.25, -0.2) is 4.98 Å². The molecule has 0 aliphatic carbocycles. The zero-order chi connectivity index (χ0) is 15.6. The van der Waals surface area contributed by atoms with E-state index in [2.05, 4.69) is 10.3 Å². The van der Waals surface area contributed by atoms with E-state index in [-0.39, 0.29) is 18.9 Å². The number of carbonyl (C=O) groups is 2. The number of amides is 1. The molecule has 0 bridgehead atoms. The summed E-state index contributed by atoms with van der Waals surface area (Å²) < 4.78 is 10.5. The summed E-state index contributed by atoms with van der Waals surface area (Å²) in [6.45, 7) is 5.31. The molecule has 2 heterocycles. The Morgan fingerprint density at radius 3 is 2.95 bits per heavy atom. The van der Waals surface area contributed by atoms with Crippen molar-refractivity contribution in [3.63, 3.8) is 0 Å². The zero-order valence-corrected chi connectivity index (χ0v) is 12.3. The normalized spacial score (nSPS) is 15.5. The quantitative estimate of drug-likeness (QED) is 0.792. The van der Waals surface area contributed by atoms with Gasteiger partial charge in [0.1, 0.15) is 11.6 Å². The van der Waals surface area contributed by atoms with Crippen LogP contribution in [0.1, 0.15) is 26.3 Å². The van der Waals surface area contributed by atoms with Crippen molar-refractivity contribution in [2.75, 3.05) is 11.9 Å². The Hall–Kier alpha value is -2.15. The van der Waals surface area contributed by atoms with Crippen LogP contribution in [-0.2, 0) is 20.7 Å². The summed E-state index contributed by atoms with van der Waals surface area (Å²) in [5.74, 6) is 0.145. The molecule has 0 saturated carbocycles. The van der Waals surface area contributed by atoms with Crippen LogP contribution in [0.2, 0.25) is 0 Å². The summed E-state index contributed by atoms with van der Waals surface area (Å²) in [6, 6.07) is 0.939. The number of pyridine rings is 1. The van der Waals surface area contributed by atoms with Crippen molar-refractivity contribution < 1.29 is 19.1 Å². The van der Waals surface area contributed by atoms with E-state index >= 15 is 0 Å². The Morgan fingerprint density at radius 2 is 2.29 bits per heavy atom.